The quantitative estimate of drug-likeness (QED) is 0.179. The Morgan fingerprint density at radius 2 is 0.521 bits per heavy atom. The minimum absolute atomic E-state index is 0.509. The molecule has 4 heteroatoms. The molecular formula is C44H54BBrO2. The summed E-state index contributed by atoms with van der Waals surface area (Å²) in [4.78, 5) is 0. The zero-order valence-electron chi connectivity index (χ0n) is 30.0. The Kier molecular flexibility index (Phi) is 26.4. The Hall–Kier alpha value is -4.22. The van der Waals surface area contributed by atoms with Gasteiger partial charge in [0, 0.05) is 4.47 Å². The molecule has 0 aliphatic heterocycles. The first-order valence-corrected chi connectivity index (χ1v) is 17.8. The maximum Gasteiger partial charge on any atom is 0.488 e. The molecule has 0 bridgehead atoms. The van der Waals surface area contributed by atoms with Crippen LogP contribution in [0.3, 0.4) is 0 Å². The second-order valence-electron chi connectivity index (χ2n) is 8.97. The fourth-order valence-corrected chi connectivity index (χ4v) is 4.31. The average molecular weight is 706 g/mol. The van der Waals surface area contributed by atoms with Gasteiger partial charge in [-0.3, -0.25) is 0 Å². The monoisotopic (exact) mass is 704 g/mol. The van der Waals surface area contributed by atoms with E-state index < -0.39 is 7.12 Å². The van der Waals surface area contributed by atoms with Gasteiger partial charge in [-0.2, -0.15) is 0 Å². The molecule has 0 saturated carbocycles. The van der Waals surface area contributed by atoms with Gasteiger partial charge in [-0.1, -0.05) is 229 Å². The second kappa shape index (κ2) is 29.0. The van der Waals surface area contributed by atoms with Gasteiger partial charge in [0.25, 0.3) is 0 Å². The van der Waals surface area contributed by atoms with E-state index in [0.29, 0.717) is 5.46 Å². The number of rotatable bonds is 4. The lowest BCUT2D eigenvalue weighted by molar-refractivity contribution is 0.426. The van der Waals surface area contributed by atoms with Crippen molar-refractivity contribution in [3.63, 3.8) is 0 Å². The third-order valence-electron chi connectivity index (χ3n) is 6.15. The fraction of sp³-hybridized carbons (Fsp3) is 0.182. The van der Waals surface area contributed by atoms with E-state index in [1.54, 1.807) is 12.1 Å². The van der Waals surface area contributed by atoms with Crippen LogP contribution in [0.5, 0.6) is 0 Å². The van der Waals surface area contributed by atoms with Crippen molar-refractivity contribution < 1.29 is 10.0 Å². The van der Waals surface area contributed by atoms with E-state index in [1.165, 1.54) is 22.3 Å². The topological polar surface area (TPSA) is 40.5 Å². The highest BCUT2D eigenvalue weighted by Crippen LogP contribution is 2.24. The number of benzene rings is 6. The standard InChI is InChI=1S/C18H14.C12H11BO2.C6H5Br.4C2H6/c1-3-7-15(8-4-1)17-11-13-18(14-12-17)16-9-5-2-6-10-16;14-13(15)12-8-6-11(7-9-12)10-4-2-1-3-5-10;7-6-4-2-1-3-5-6;4*1-2/h1-14H;1-9,14-15H;1-5H;4*1-2H3. The van der Waals surface area contributed by atoms with Gasteiger partial charge in [-0.05, 0) is 51.0 Å². The van der Waals surface area contributed by atoms with Gasteiger partial charge in [0.15, 0.2) is 0 Å². The van der Waals surface area contributed by atoms with Gasteiger partial charge in [0.05, 0.1) is 0 Å². The molecule has 0 atom stereocenters. The van der Waals surface area contributed by atoms with Crippen molar-refractivity contribution in [1.82, 2.24) is 0 Å². The van der Waals surface area contributed by atoms with Crippen LogP contribution in [0.15, 0.2) is 174 Å². The zero-order valence-corrected chi connectivity index (χ0v) is 31.6. The van der Waals surface area contributed by atoms with Gasteiger partial charge < -0.3 is 10.0 Å². The molecule has 252 valence electrons. The normalized spacial score (nSPS) is 8.73. The Morgan fingerprint density at radius 1 is 0.312 bits per heavy atom. The number of hydrogen-bond donors (Lipinski definition) is 2. The summed E-state index contributed by atoms with van der Waals surface area (Å²) in [7, 11) is -1.39. The molecule has 0 radical (unpaired) electrons. The van der Waals surface area contributed by atoms with Crippen molar-refractivity contribution in [2.75, 3.05) is 0 Å². The molecule has 48 heavy (non-hydrogen) atoms. The molecule has 0 aliphatic carbocycles. The van der Waals surface area contributed by atoms with Crippen LogP contribution in [0.4, 0.5) is 0 Å². The summed E-state index contributed by atoms with van der Waals surface area (Å²) in [6.07, 6.45) is 0. The van der Waals surface area contributed by atoms with Crippen LogP contribution in [-0.4, -0.2) is 17.2 Å². The summed E-state index contributed by atoms with van der Waals surface area (Å²) in [5.74, 6) is 0. The molecule has 0 unspecified atom stereocenters. The van der Waals surface area contributed by atoms with Gasteiger partial charge in [0.1, 0.15) is 0 Å². The van der Waals surface area contributed by atoms with E-state index in [-0.39, 0.29) is 0 Å². The van der Waals surface area contributed by atoms with Crippen molar-refractivity contribution in [3.8, 4) is 33.4 Å². The summed E-state index contributed by atoms with van der Waals surface area (Å²) in [6.45, 7) is 16.0. The maximum absolute atomic E-state index is 8.94. The van der Waals surface area contributed by atoms with Gasteiger partial charge >= 0.3 is 7.12 Å². The number of hydrogen-bond acceptors (Lipinski definition) is 2. The van der Waals surface area contributed by atoms with Gasteiger partial charge in [-0.15, -0.1) is 0 Å². The third kappa shape index (κ3) is 17.1. The summed E-state index contributed by atoms with van der Waals surface area (Å²) in [5.41, 5.74) is 7.74. The minimum atomic E-state index is -1.39. The summed E-state index contributed by atoms with van der Waals surface area (Å²) >= 11 is 3.31. The lowest BCUT2D eigenvalue weighted by Crippen LogP contribution is -2.29. The lowest BCUT2D eigenvalue weighted by Gasteiger charge is -2.04. The molecule has 0 saturated heterocycles. The highest BCUT2D eigenvalue weighted by atomic mass is 79.9. The third-order valence-corrected chi connectivity index (χ3v) is 6.68. The predicted molar refractivity (Wildman–Crippen MR) is 219 cm³/mol. The van der Waals surface area contributed by atoms with Crippen molar-refractivity contribution in [1.29, 1.82) is 0 Å². The minimum Gasteiger partial charge on any atom is -0.423 e. The molecule has 0 aliphatic rings. The van der Waals surface area contributed by atoms with Crippen molar-refractivity contribution in [3.05, 3.63) is 174 Å². The molecule has 0 spiro atoms. The second-order valence-corrected chi connectivity index (χ2v) is 9.88. The fourth-order valence-electron chi connectivity index (χ4n) is 4.01. The summed E-state index contributed by atoms with van der Waals surface area (Å²) in [6, 6.07) is 56.7. The Labute approximate surface area is 300 Å². The predicted octanol–water partition coefficient (Wildman–Crippen LogP) is 12.6. The van der Waals surface area contributed by atoms with Crippen molar-refractivity contribution >= 4 is 28.5 Å². The van der Waals surface area contributed by atoms with Crippen LogP contribution in [-0.2, 0) is 0 Å². The molecule has 6 aromatic carbocycles. The van der Waals surface area contributed by atoms with Crippen LogP contribution >= 0.6 is 15.9 Å². The van der Waals surface area contributed by atoms with Crippen molar-refractivity contribution in [2.45, 2.75) is 55.4 Å². The SMILES string of the molecule is Brc1ccccc1.CC.CC.CC.CC.OB(O)c1ccc(-c2ccccc2)cc1.c1ccc(-c2ccc(-c3ccccc3)cc2)cc1. The summed E-state index contributed by atoms with van der Waals surface area (Å²) < 4.78 is 1.13. The molecular weight excluding hydrogens is 651 g/mol. The largest absolute Gasteiger partial charge is 0.488 e. The molecule has 0 fully saturated rings. The van der Waals surface area contributed by atoms with E-state index >= 15 is 0 Å². The van der Waals surface area contributed by atoms with Gasteiger partial charge in [-0.25, -0.2) is 0 Å². The van der Waals surface area contributed by atoms with Crippen LogP contribution in [0.1, 0.15) is 55.4 Å². The van der Waals surface area contributed by atoms with E-state index in [1.807, 2.05) is 140 Å². The van der Waals surface area contributed by atoms with E-state index in [0.717, 1.165) is 15.6 Å². The molecule has 6 rings (SSSR count). The smallest absolute Gasteiger partial charge is 0.423 e. The molecule has 0 amide bonds. The molecule has 2 N–H and O–H groups in total. The lowest BCUT2D eigenvalue weighted by atomic mass is 9.80. The van der Waals surface area contributed by atoms with Crippen molar-refractivity contribution in [2.24, 2.45) is 0 Å². The molecule has 0 aromatic heterocycles. The Balaban J connectivity index is 0.000000662. The van der Waals surface area contributed by atoms with Crippen LogP contribution in [0.2, 0.25) is 0 Å². The van der Waals surface area contributed by atoms with Crippen LogP contribution < -0.4 is 5.46 Å². The zero-order chi connectivity index (χ0) is 36.0. The first-order chi connectivity index (χ1) is 23.6. The average Bonchev–Trinajstić information content (AvgIpc) is 3.20. The van der Waals surface area contributed by atoms with E-state index in [9.17, 15) is 0 Å². The molecule has 6 aromatic rings. The van der Waals surface area contributed by atoms with E-state index in [2.05, 4.69) is 88.7 Å². The Morgan fingerprint density at radius 3 is 0.729 bits per heavy atom. The Bertz CT molecular complexity index is 1470. The summed E-state index contributed by atoms with van der Waals surface area (Å²) in [5, 5.41) is 17.9. The molecule has 2 nitrogen and oxygen atoms in total. The maximum atomic E-state index is 8.94. The van der Waals surface area contributed by atoms with Gasteiger partial charge in [0.2, 0.25) is 0 Å². The molecule has 0 heterocycles. The first-order valence-electron chi connectivity index (χ1n) is 17.0. The first kappa shape index (κ1) is 43.8. The highest BCUT2D eigenvalue weighted by molar-refractivity contribution is 9.10. The number of halogens is 1. The highest BCUT2D eigenvalue weighted by Gasteiger charge is 2.09. The van der Waals surface area contributed by atoms with Crippen LogP contribution in [0, 0.1) is 0 Å². The van der Waals surface area contributed by atoms with Crippen LogP contribution in [0.25, 0.3) is 33.4 Å². The van der Waals surface area contributed by atoms with E-state index in [4.69, 9.17) is 10.0 Å².